The molecule has 0 saturated carbocycles. The third-order valence-corrected chi connectivity index (χ3v) is 6.98. The van der Waals surface area contributed by atoms with Crippen molar-refractivity contribution in [2.45, 2.75) is 110 Å². The van der Waals surface area contributed by atoms with Gasteiger partial charge in [-0.15, -0.1) is 0 Å². The summed E-state index contributed by atoms with van der Waals surface area (Å²) in [5, 5.41) is 13.4. The van der Waals surface area contributed by atoms with E-state index < -0.39 is 110 Å². The van der Waals surface area contributed by atoms with Gasteiger partial charge in [-0.2, -0.15) is 0 Å². The van der Waals surface area contributed by atoms with Gasteiger partial charge in [0.25, 0.3) is 0 Å². The van der Waals surface area contributed by atoms with Crippen LogP contribution in [0.1, 0.15) is 58.8 Å². The molecule has 0 bridgehead atoms. The summed E-state index contributed by atoms with van der Waals surface area (Å²) in [5.74, 6) is -5.56. The molecule has 0 unspecified atom stereocenters. The van der Waals surface area contributed by atoms with Crippen molar-refractivity contribution in [3.8, 4) is 5.75 Å². The van der Waals surface area contributed by atoms with Crippen molar-refractivity contribution in [2.75, 3.05) is 6.61 Å². The molecule has 2 aliphatic rings. The highest BCUT2D eigenvalue weighted by Gasteiger charge is 2.56. The summed E-state index contributed by atoms with van der Waals surface area (Å²) in [4.78, 5) is 85.5. The molecule has 2 saturated heterocycles. The Morgan fingerprint density at radius 2 is 1.35 bits per heavy atom. The van der Waals surface area contributed by atoms with Crippen molar-refractivity contribution in [3.63, 3.8) is 0 Å². The average molecular weight is 698 g/mol. The van der Waals surface area contributed by atoms with E-state index in [0.29, 0.717) is 0 Å². The second-order valence-corrected chi connectivity index (χ2v) is 11.1. The van der Waals surface area contributed by atoms with Crippen LogP contribution < -0.4 is 10.1 Å². The van der Waals surface area contributed by atoms with Crippen LogP contribution >= 0.6 is 0 Å². The van der Waals surface area contributed by atoms with E-state index >= 15 is 0 Å². The molecule has 18 nitrogen and oxygen atoms in total. The Morgan fingerprint density at radius 1 is 0.735 bits per heavy atom. The van der Waals surface area contributed by atoms with Crippen molar-refractivity contribution < 1.29 is 81.3 Å². The summed E-state index contributed by atoms with van der Waals surface area (Å²) in [5.41, 5.74) is -0.0644. The number of carbonyl (C=O) groups is 7. The molecule has 2 aliphatic heterocycles. The highest BCUT2D eigenvalue weighted by Crippen LogP contribution is 2.34. The van der Waals surface area contributed by atoms with Gasteiger partial charge in [0.1, 0.15) is 30.6 Å². The van der Waals surface area contributed by atoms with Gasteiger partial charge in [0.15, 0.2) is 37.0 Å². The third kappa shape index (κ3) is 10.9. The van der Waals surface area contributed by atoms with E-state index in [-0.39, 0.29) is 11.3 Å². The number of aliphatic hydroxyl groups is 1. The summed E-state index contributed by atoms with van der Waals surface area (Å²) in [6.07, 6.45) is -13.7. The van der Waals surface area contributed by atoms with Crippen molar-refractivity contribution in [3.05, 3.63) is 29.8 Å². The molecule has 0 aliphatic carbocycles. The Kier molecular flexibility index (Phi) is 13.6. The van der Waals surface area contributed by atoms with Crippen LogP contribution in [0.3, 0.4) is 0 Å². The molecular weight excluding hydrogens is 658 g/mol. The maximum absolute atomic E-state index is 13.4. The molecule has 2 fully saturated rings. The van der Waals surface area contributed by atoms with Crippen LogP contribution in [-0.4, -0.2) is 115 Å². The number of hydrogen-bond acceptors (Lipinski definition) is 17. The normalized spacial score (nSPS) is 29.4. The zero-order valence-electron chi connectivity index (χ0n) is 27.8. The molecule has 2 heterocycles. The van der Waals surface area contributed by atoms with Gasteiger partial charge in [0.2, 0.25) is 5.91 Å². The number of esters is 6. The molecule has 1 aromatic carbocycles. The highest BCUT2D eigenvalue weighted by molar-refractivity contribution is 5.90. The Bertz CT molecular complexity index is 1410. The van der Waals surface area contributed by atoms with Gasteiger partial charge < -0.3 is 53.1 Å². The molecule has 0 radical (unpaired) electrons. The number of amides is 1. The predicted molar refractivity (Wildman–Crippen MR) is 158 cm³/mol. The quantitative estimate of drug-likeness (QED) is 0.174. The first-order valence-corrected chi connectivity index (χ1v) is 15.0. The lowest BCUT2D eigenvalue weighted by Crippen LogP contribution is -2.69. The van der Waals surface area contributed by atoms with E-state index in [1.807, 2.05) is 0 Å². The lowest BCUT2D eigenvalue weighted by atomic mass is 9.94. The lowest BCUT2D eigenvalue weighted by molar-refractivity contribution is -0.339. The van der Waals surface area contributed by atoms with E-state index in [0.717, 1.165) is 34.6 Å². The van der Waals surface area contributed by atoms with E-state index in [4.69, 9.17) is 42.6 Å². The summed E-state index contributed by atoms with van der Waals surface area (Å²) in [6.45, 7) is 7.45. The maximum Gasteiger partial charge on any atom is 0.338 e. The SMILES string of the molecule is CC(=O)N[C@H]1[C@H](O[C@@H]2[C@@H](OC(=O)c3cccc(OC(C)=O)c3)[C@H](C)O[C@@H](O)[C@@H]2OC(C)=O)O[C@H](COC(C)=O)[C@@H](OC(C)=O)[C@@H]1OC(C)=O. The van der Waals surface area contributed by atoms with Crippen LogP contribution in [0.15, 0.2) is 24.3 Å². The van der Waals surface area contributed by atoms with Gasteiger partial charge in [-0.3, -0.25) is 28.8 Å². The summed E-state index contributed by atoms with van der Waals surface area (Å²) < 4.78 is 49.9. The number of aliphatic hydroxyl groups excluding tert-OH is 1. The fourth-order valence-electron chi connectivity index (χ4n) is 5.23. The van der Waals surface area contributed by atoms with E-state index in [9.17, 15) is 38.7 Å². The fourth-order valence-corrected chi connectivity index (χ4v) is 5.23. The molecule has 18 heteroatoms. The summed E-state index contributed by atoms with van der Waals surface area (Å²) in [7, 11) is 0. The zero-order valence-corrected chi connectivity index (χ0v) is 27.8. The first-order chi connectivity index (χ1) is 23.0. The van der Waals surface area contributed by atoms with Crippen molar-refractivity contribution in [2.24, 2.45) is 0 Å². The standard InChI is InChI=1S/C31H39NO17/c1-13-24(48-29(39)20-9-8-10-21(11-20)43-16(4)35)27(28(30(40)42-13)46-19(7)38)49-31-23(32-14(2)33)26(45-18(6)37)25(44-17(5)36)22(47-31)12-41-15(3)34/h8-11,13,22-28,30-31,40H,12H2,1-7H3,(H,32,33)/t13-,22+,23+,24-,25+,26+,27+,28+,30+,31-/m0/s1. The van der Waals surface area contributed by atoms with Gasteiger partial charge in [-0.1, -0.05) is 6.07 Å². The smallest absolute Gasteiger partial charge is 0.338 e. The second-order valence-electron chi connectivity index (χ2n) is 11.1. The van der Waals surface area contributed by atoms with Gasteiger partial charge >= 0.3 is 35.8 Å². The minimum absolute atomic E-state index is 0.0438. The van der Waals surface area contributed by atoms with Crippen molar-refractivity contribution >= 4 is 41.7 Å². The van der Waals surface area contributed by atoms with Crippen LogP contribution in [0, 0.1) is 0 Å². The van der Waals surface area contributed by atoms with Crippen LogP contribution in [0.5, 0.6) is 5.75 Å². The van der Waals surface area contributed by atoms with E-state index in [2.05, 4.69) is 5.32 Å². The Morgan fingerprint density at radius 3 is 1.92 bits per heavy atom. The molecule has 1 aromatic rings. The minimum Gasteiger partial charge on any atom is -0.463 e. The fraction of sp³-hybridized carbons (Fsp3) is 0.581. The molecule has 3 rings (SSSR count). The lowest BCUT2D eigenvalue weighted by Gasteiger charge is -2.48. The predicted octanol–water partition coefficient (Wildman–Crippen LogP) is -0.153. The maximum atomic E-state index is 13.4. The van der Waals surface area contributed by atoms with Gasteiger partial charge in [0, 0.05) is 41.5 Å². The Balaban J connectivity index is 2.09. The number of rotatable bonds is 11. The number of ether oxygens (including phenoxy) is 9. The monoisotopic (exact) mass is 697 g/mol. The van der Waals surface area contributed by atoms with Crippen LogP contribution in [0.2, 0.25) is 0 Å². The van der Waals surface area contributed by atoms with Gasteiger partial charge in [0.05, 0.1) is 11.7 Å². The molecule has 0 spiro atoms. The summed E-state index contributed by atoms with van der Waals surface area (Å²) >= 11 is 0. The van der Waals surface area contributed by atoms with Gasteiger partial charge in [-0.05, 0) is 25.1 Å². The molecule has 10 atom stereocenters. The zero-order chi connectivity index (χ0) is 36.6. The van der Waals surface area contributed by atoms with Crippen molar-refractivity contribution in [1.29, 1.82) is 0 Å². The first kappa shape index (κ1) is 38.8. The largest absolute Gasteiger partial charge is 0.463 e. The minimum atomic E-state index is -1.83. The number of nitrogens with one attached hydrogen (secondary N) is 1. The first-order valence-electron chi connectivity index (χ1n) is 15.0. The van der Waals surface area contributed by atoms with Crippen molar-refractivity contribution in [1.82, 2.24) is 5.32 Å². The highest BCUT2D eigenvalue weighted by atomic mass is 16.7. The third-order valence-electron chi connectivity index (χ3n) is 6.98. The van der Waals surface area contributed by atoms with Crippen LogP contribution in [0.25, 0.3) is 0 Å². The molecule has 0 aromatic heterocycles. The Hall–Kier alpha value is -4.65. The molecule has 2 N–H and O–H groups in total. The molecular formula is C31H39NO17. The van der Waals surface area contributed by atoms with Crippen LogP contribution in [0.4, 0.5) is 0 Å². The topological polar surface area (TPSA) is 235 Å². The second kappa shape index (κ2) is 17.1. The molecule has 1 amide bonds. The molecule has 270 valence electrons. The van der Waals surface area contributed by atoms with E-state index in [1.54, 1.807) is 0 Å². The van der Waals surface area contributed by atoms with E-state index in [1.165, 1.54) is 38.1 Å². The van der Waals surface area contributed by atoms with Gasteiger partial charge in [-0.25, -0.2) is 4.79 Å². The number of carbonyl (C=O) groups excluding carboxylic acids is 7. The van der Waals surface area contributed by atoms with Crippen LogP contribution in [-0.2, 0) is 66.7 Å². The molecule has 49 heavy (non-hydrogen) atoms. The number of hydrogen-bond donors (Lipinski definition) is 2. The average Bonchev–Trinajstić information content (AvgIpc) is 2.97. The Labute approximate surface area is 280 Å². The number of benzene rings is 1. The summed E-state index contributed by atoms with van der Waals surface area (Å²) in [6, 6.07) is 4.02.